The van der Waals surface area contributed by atoms with E-state index in [2.05, 4.69) is 25.2 Å². The highest BCUT2D eigenvalue weighted by Gasteiger charge is 2.30. The Hall–Kier alpha value is -4.23. The highest BCUT2D eigenvalue weighted by atomic mass is 32.2. The number of benzene rings is 2. The van der Waals surface area contributed by atoms with E-state index in [0.29, 0.717) is 34.8 Å². The quantitative estimate of drug-likeness (QED) is 0.236. The predicted octanol–water partition coefficient (Wildman–Crippen LogP) is 5.59. The molecule has 2 aromatic carbocycles. The summed E-state index contributed by atoms with van der Waals surface area (Å²) in [6.45, 7) is 3.11. The van der Waals surface area contributed by atoms with Crippen molar-refractivity contribution in [3.05, 3.63) is 90.0 Å². The van der Waals surface area contributed by atoms with E-state index in [1.54, 1.807) is 54.7 Å². The molecule has 9 nitrogen and oxygen atoms in total. The van der Waals surface area contributed by atoms with Gasteiger partial charge in [0.2, 0.25) is 27.7 Å². The highest BCUT2D eigenvalue weighted by molar-refractivity contribution is 7.91. The fraction of sp³-hybridized carbons (Fsp3) is 0.300. The lowest BCUT2D eigenvalue weighted by molar-refractivity contribution is 0.115. The van der Waals surface area contributed by atoms with Gasteiger partial charge < -0.3 is 15.0 Å². The van der Waals surface area contributed by atoms with Gasteiger partial charge in [-0.2, -0.15) is 4.39 Å². The van der Waals surface area contributed by atoms with Crippen molar-refractivity contribution < 1.29 is 26.3 Å². The first kappa shape index (κ1) is 28.9. The van der Waals surface area contributed by atoms with Crippen LogP contribution in [0.4, 0.5) is 24.8 Å². The Morgan fingerprint density at radius 2 is 1.81 bits per heavy atom. The fourth-order valence-electron chi connectivity index (χ4n) is 5.66. The maximum atomic E-state index is 15.1. The zero-order chi connectivity index (χ0) is 30.0. The molecule has 0 aliphatic carbocycles. The molecular formula is C30H29F3N6O3S. The maximum absolute atomic E-state index is 15.1. The first-order valence-electron chi connectivity index (χ1n) is 13.9. The van der Waals surface area contributed by atoms with Crippen LogP contribution in [-0.2, 0) is 15.8 Å². The summed E-state index contributed by atoms with van der Waals surface area (Å²) in [6, 6.07) is 13.7. The minimum Gasteiger partial charge on any atom is -0.435 e. The van der Waals surface area contributed by atoms with Crippen LogP contribution in [0.5, 0.6) is 11.6 Å². The molecule has 3 atom stereocenters. The van der Waals surface area contributed by atoms with Crippen molar-refractivity contribution in [1.29, 1.82) is 0 Å². The van der Waals surface area contributed by atoms with Crippen molar-refractivity contribution >= 4 is 21.7 Å². The van der Waals surface area contributed by atoms with Crippen LogP contribution in [0.2, 0.25) is 0 Å². The van der Waals surface area contributed by atoms with Crippen LogP contribution in [0.3, 0.4) is 0 Å². The lowest BCUT2D eigenvalue weighted by atomic mass is 9.87. The van der Waals surface area contributed by atoms with Crippen molar-refractivity contribution in [2.75, 3.05) is 29.7 Å². The number of anilines is 2. The lowest BCUT2D eigenvalue weighted by Crippen LogP contribution is -2.49. The standard InChI is InChI=1S/C30H29F3N6O3S/c31-23-15-25(26(32)27(33)28(23)38-43(40,41)18-19-6-2-1-3-7-19)42-29-22(9-4-11-34-29)24-10-12-35-30(37-24)36-21-14-20-8-5-13-39(16-20)17-21/h1-4,6-7,9-12,15,20-21,38H,5,8,13-14,16-18H2,(H,35,36,37)/t20?,21-/m0/s1. The summed E-state index contributed by atoms with van der Waals surface area (Å²) in [4.78, 5) is 15.5. The third-order valence-electron chi connectivity index (χ3n) is 7.52. The highest BCUT2D eigenvalue weighted by Crippen LogP contribution is 2.36. The molecule has 2 aliphatic rings. The minimum absolute atomic E-state index is 0.152. The van der Waals surface area contributed by atoms with Gasteiger partial charge in [-0.05, 0) is 55.5 Å². The predicted molar refractivity (Wildman–Crippen MR) is 156 cm³/mol. The summed E-state index contributed by atoms with van der Waals surface area (Å²) in [7, 11) is -4.26. The number of fused-ring (bicyclic) bond motifs is 2. The van der Waals surface area contributed by atoms with Gasteiger partial charge in [-0.15, -0.1) is 0 Å². The van der Waals surface area contributed by atoms with E-state index in [1.807, 2.05) is 4.72 Å². The van der Waals surface area contributed by atoms with Crippen LogP contribution in [0.1, 0.15) is 24.8 Å². The van der Waals surface area contributed by atoms with Gasteiger partial charge in [-0.1, -0.05) is 30.3 Å². The Balaban J connectivity index is 1.22. The number of rotatable bonds is 9. The van der Waals surface area contributed by atoms with E-state index < -0.39 is 44.7 Å². The summed E-state index contributed by atoms with van der Waals surface area (Å²) < 4.78 is 77.5. The molecule has 4 aromatic rings. The average molecular weight is 611 g/mol. The molecule has 2 fully saturated rings. The molecule has 0 amide bonds. The van der Waals surface area contributed by atoms with E-state index in [4.69, 9.17) is 4.74 Å². The van der Waals surface area contributed by atoms with Gasteiger partial charge in [0.15, 0.2) is 17.4 Å². The zero-order valence-corrected chi connectivity index (χ0v) is 23.8. The number of pyridine rings is 1. The van der Waals surface area contributed by atoms with Gasteiger partial charge >= 0.3 is 0 Å². The third-order valence-corrected chi connectivity index (χ3v) is 8.75. The molecule has 0 radical (unpaired) electrons. The van der Waals surface area contributed by atoms with Gasteiger partial charge in [-0.3, -0.25) is 4.72 Å². The SMILES string of the molecule is O=S(=O)(Cc1ccccc1)Nc1c(F)cc(Oc2ncccc2-c2ccnc(N[C@H]3CC4CCCN(C4)C3)n2)c(F)c1F. The Kier molecular flexibility index (Phi) is 8.17. The van der Waals surface area contributed by atoms with Gasteiger partial charge in [0.25, 0.3) is 0 Å². The van der Waals surface area contributed by atoms with Gasteiger partial charge in [0.1, 0.15) is 5.69 Å². The Morgan fingerprint density at radius 3 is 2.63 bits per heavy atom. The Morgan fingerprint density at radius 1 is 0.977 bits per heavy atom. The van der Waals surface area contributed by atoms with Crippen molar-refractivity contribution in [1.82, 2.24) is 19.9 Å². The van der Waals surface area contributed by atoms with Gasteiger partial charge in [-0.25, -0.2) is 32.2 Å². The molecule has 0 saturated carbocycles. The third kappa shape index (κ3) is 6.73. The number of nitrogens with one attached hydrogen (secondary N) is 2. The van der Waals surface area contributed by atoms with E-state index in [0.717, 1.165) is 26.1 Å². The Bertz CT molecular complexity index is 1720. The molecule has 4 heterocycles. The van der Waals surface area contributed by atoms with E-state index in [-0.39, 0.29) is 11.9 Å². The molecule has 0 spiro atoms. The molecule has 13 heteroatoms. The second kappa shape index (κ2) is 12.2. The molecule has 224 valence electrons. The largest absolute Gasteiger partial charge is 0.435 e. The monoisotopic (exact) mass is 610 g/mol. The first-order chi connectivity index (χ1) is 20.7. The maximum Gasteiger partial charge on any atom is 0.237 e. The zero-order valence-electron chi connectivity index (χ0n) is 23.0. The topological polar surface area (TPSA) is 109 Å². The van der Waals surface area contributed by atoms with Crippen LogP contribution in [0.15, 0.2) is 67.0 Å². The number of sulfonamides is 1. The first-order valence-corrected chi connectivity index (χ1v) is 15.6. The van der Waals surface area contributed by atoms with E-state index >= 15 is 8.78 Å². The van der Waals surface area contributed by atoms with Crippen LogP contribution in [0, 0.1) is 23.4 Å². The summed E-state index contributed by atoms with van der Waals surface area (Å²) in [6.07, 6.45) is 6.41. The second-order valence-corrected chi connectivity index (χ2v) is 12.5. The average Bonchev–Trinajstić information content (AvgIpc) is 2.98. The van der Waals surface area contributed by atoms with Gasteiger partial charge in [0.05, 0.1) is 17.0 Å². The molecule has 2 saturated heterocycles. The molecule has 43 heavy (non-hydrogen) atoms. The molecule has 2 bridgehead atoms. The van der Waals surface area contributed by atoms with Crippen LogP contribution in [0.25, 0.3) is 11.3 Å². The van der Waals surface area contributed by atoms with E-state index in [1.165, 1.54) is 19.0 Å². The molecule has 2 aliphatic heterocycles. The minimum atomic E-state index is -4.26. The smallest absolute Gasteiger partial charge is 0.237 e. The summed E-state index contributed by atoms with van der Waals surface area (Å²) in [5.41, 5.74) is -0.00794. The number of hydrogen-bond acceptors (Lipinski definition) is 8. The summed E-state index contributed by atoms with van der Waals surface area (Å²) in [5.74, 6) is -5.15. The second-order valence-electron chi connectivity index (χ2n) is 10.8. The molecule has 6 rings (SSSR count). The normalized spacial score (nSPS) is 19.9. The molecular weight excluding hydrogens is 581 g/mol. The summed E-state index contributed by atoms with van der Waals surface area (Å²) in [5, 5.41) is 3.41. The molecule has 2 unspecified atom stereocenters. The van der Waals surface area contributed by atoms with E-state index in [9.17, 15) is 12.8 Å². The number of halogens is 3. The van der Waals surface area contributed by atoms with Gasteiger partial charge in [0, 0.05) is 37.6 Å². The molecule has 2 aromatic heterocycles. The number of piperidine rings is 2. The number of aromatic nitrogens is 3. The number of ether oxygens (including phenoxy) is 1. The number of nitrogens with zero attached hydrogens (tertiary/aromatic N) is 4. The van der Waals surface area contributed by atoms with Crippen molar-refractivity contribution in [2.45, 2.75) is 31.1 Å². The van der Waals surface area contributed by atoms with Crippen molar-refractivity contribution in [2.24, 2.45) is 5.92 Å². The number of hydrogen-bond donors (Lipinski definition) is 2. The lowest BCUT2D eigenvalue weighted by Gasteiger charge is -2.41. The van der Waals surface area contributed by atoms with Crippen LogP contribution >= 0.6 is 0 Å². The summed E-state index contributed by atoms with van der Waals surface area (Å²) >= 11 is 0. The van der Waals surface area contributed by atoms with Crippen molar-refractivity contribution in [3.8, 4) is 22.9 Å². The molecule has 2 N–H and O–H groups in total. The van der Waals surface area contributed by atoms with Crippen molar-refractivity contribution in [3.63, 3.8) is 0 Å². The van der Waals surface area contributed by atoms with Crippen LogP contribution in [-0.4, -0.2) is 53.9 Å². The fourth-order valence-corrected chi connectivity index (χ4v) is 6.86. The van der Waals surface area contributed by atoms with Crippen LogP contribution < -0.4 is 14.8 Å². The Labute approximate surface area is 247 Å².